The van der Waals surface area contributed by atoms with Crippen molar-refractivity contribution in [1.29, 1.82) is 0 Å². The number of carbonyl (C=O) groups excluding carboxylic acids is 1. The number of Topliss-reactive ketones (excluding diaryl/α,β-unsaturated/α-hetero) is 1. The molecule has 1 aromatic rings. The molecule has 0 radical (unpaired) electrons. The SMILES string of the molecule is CNCC(=O)c1cocc1Br. The van der Waals surface area contributed by atoms with Gasteiger partial charge in [0.15, 0.2) is 5.78 Å². The van der Waals surface area contributed by atoms with Crippen molar-refractivity contribution in [3.63, 3.8) is 0 Å². The number of halogens is 1. The third-order valence-corrected chi connectivity index (χ3v) is 1.87. The first-order valence-electron chi connectivity index (χ1n) is 3.15. The number of carbonyl (C=O) groups is 1. The zero-order valence-corrected chi connectivity index (χ0v) is 7.64. The van der Waals surface area contributed by atoms with E-state index in [4.69, 9.17) is 4.42 Å². The van der Waals surface area contributed by atoms with Gasteiger partial charge in [0.1, 0.15) is 12.5 Å². The summed E-state index contributed by atoms with van der Waals surface area (Å²) < 4.78 is 5.52. The van der Waals surface area contributed by atoms with Gasteiger partial charge in [-0.2, -0.15) is 0 Å². The first-order chi connectivity index (χ1) is 5.25. The van der Waals surface area contributed by atoms with Gasteiger partial charge in [0.2, 0.25) is 0 Å². The molecule has 60 valence electrons. The van der Waals surface area contributed by atoms with Crippen LogP contribution in [0.15, 0.2) is 21.4 Å². The molecule has 11 heavy (non-hydrogen) atoms. The van der Waals surface area contributed by atoms with Crippen molar-refractivity contribution in [2.75, 3.05) is 13.6 Å². The molecule has 0 atom stereocenters. The van der Waals surface area contributed by atoms with E-state index >= 15 is 0 Å². The lowest BCUT2D eigenvalue weighted by atomic mass is 10.2. The van der Waals surface area contributed by atoms with Crippen molar-refractivity contribution in [3.05, 3.63) is 22.6 Å². The molecule has 0 spiro atoms. The van der Waals surface area contributed by atoms with Crippen LogP contribution in [-0.2, 0) is 0 Å². The molecule has 1 heterocycles. The van der Waals surface area contributed by atoms with Crippen LogP contribution >= 0.6 is 15.9 Å². The Balaban J connectivity index is 2.76. The second kappa shape index (κ2) is 3.69. The Morgan fingerprint density at radius 1 is 1.73 bits per heavy atom. The van der Waals surface area contributed by atoms with Crippen molar-refractivity contribution < 1.29 is 9.21 Å². The van der Waals surface area contributed by atoms with Crippen molar-refractivity contribution in [3.8, 4) is 0 Å². The molecular weight excluding hydrogens is 210 g/mol. The summed E-state index contributed by atoms with van der Waals surface area (Å²) in [5, 5.41) is 2.77. The van der Waals surface area contributed by atoms with Crippen LogP contribution in [0, 0.1) is 0 Å². The van der Waals surface area contributed by atoms with Crippen LogP contribution < -0.4 is 5.32 Å². The Morgan fingerprint density at radius 3 is 2.91 bits per heavy atom. The number of likely N-dealkylation sites (N-methyl/N-ethyl adjacent to an activating group) is 1. The summed E-state index contributed by atoms with van der Waals surface area (Å²) in [7, 11) is 1.73. The average molecular weight is 218 g/mol. The van der Waals surface area contributed by atoms with Crippen LogP contribution in [0.25, 0.3) is 0 Å². The summed E-state index contributed by atoms with van der Waals surface area (Å²) >= 11 is 3.19. The quantitative estimate of drug-likeness (QED) is 0.780. The molecule has 0 aromatic carbocycles. The van der Waals surface area contributed by atoms with Crippen molar-refractivity contribution in [1.82, 2.24) is 5.32 Å². The van der Waals surface area contributed by atoms with Crippen molar-refractivity contribution >= 4 is 21.7 Å². The van der Waals surface area contributed by atoms with Crippen LogP contribution in [0.1, 0.15) is 10.4 Å². The lowest BCUT2D eigenvalue weighted by Crippen LogP contribution is -2.18. The number of rotatable bonds is 3. The zero-order chi connectivity index (χ0) is 8.27. The molecule has 0 aliphatic heterocycles. The molecule has 0 aliphatic rings. The van der Waals surface area contributed by atoms with E-state index in [2.05, 4.69) is 21.2 Å². The van der Waals surface area contributed by atoms with Gasteiger partial charge in [0, 0.05) is 0 Å². The molecule has 0 aliphatic carbocycles. The van der Waals surface area contributed by atoms with Crippen LogP contribution in [0.4, 0.5) is 0 Å². The van der Waals surface area contributed by atoms with E-state index in [9.17, 15) is 4.79 Å². The molecule has 0 amide bonds. The number of hydrogen-bond acceptors (Lipinski definition) is 3. The van der Waals surface area contributed by atoms with Crippen LogP contribution in [-0.4, -0.2) is 19.4 Å². The normalized spacial score (nSPS) is 10.0. The largest absolute Gasteiger partial charge is 0.471 e. The summed E-state index contributed by atoms with van der Waals surface area (Å²) in [6.45, 7) is 0.331. The maximum Gasteiger partial charge on any atom is 0.180 e. The van der Waals surface area contributed by atoms with Crippen LogP contribution in [0.2, 0.25) is 0 Å². The highest BCUT2D eigenvalue weighted by molar-refractivity contribution is 9.10. The van der Waals surface area contributed by atoms with Gasteiger partial charge in [-0.1, -0.05) is 0 Å². The predicted molar refractivity (Wildman–Crippen MR) is 44.7 cm³/mol. The lowest BCUT2D eigenvalue weighted by molar-refractivity contribution is 0.0992. The first kappa shape index (κ1) is 8.49. The fraction of sp³-hybridized carbons (Fsp3) is 0.286. The van der Waals surface area contributed by atoms with Crippen molar-refractivity contribution in [2.24, 2.45) is 0 Å². The van der Waals surface area contributed by atoms with E-state index in [1.54, 1.807) is 7.05 Å². The molecular formula is C7H8BrNO2. The van der Waals surface area contributed by atoms with E-state index in [0.717, 1.165) is 0 Å². The van der Waals surface area contributed by atoms with Crippen molar-refractivity contribution in [2.45, 2.75) is 0 Å². The van der Waals surface area contributed by atoms with Gasteiger partial charge in [-0.05, 0) is 23.0 Å². The molecule has 1 rings (SSSR count). The Kier molecular flexibility index (Phi) is 2.84. The van der Waals surface area contributed by atoms with Gasteiger partial charge >= 0.3 is 0 Å². The molecule has 3 nitrogen and oxygen atoms in total. The summed E-state index contributed by atoms with van der Waals surface area (Å²) in [6, 6.07) is 0. The fourth-order valence-corrected chi connectivity index (χ4v) is 1.16. The maximum absolute atomic E-state index is 11.2. The lowest BCUT2D eigenvalue weighted by Gasteiger charge is -1.94. The molecule has 1 N–H and O–H groups in total. The smallest absolute Gasteiger partial charge is 0.180 e. The fourth-order valence-electron chi connectivity index (χ4n) is 0.736. The van der Waals surface area contributed by atoms with E-state index < -0.39 is 0 Å². The summed E-state index contributed by atoms with van der Waals surface area (Å²) in [4.78, 5) is 11.2. The van der Waals surface area contributed by atoms with Crippen LogP contribution in [0.5, 0.6) is 0 Å². The minimum atomic E-state index is 0.0214. The van der Waals surface area contributed by atoms with E-state index in [1.165, 1.54) is 12.5 Å². The van der Waals surface area contributed by atoms with Gasteiger partial charge in [-0.3, -0.25) is 4.79 Å². The van der Waals surface area contributed by atoms with Gasteiger partial charge in [0.05, 0.1) is 16.6 Å². The molecule has 0 saturated carbocycles. The highest BCUT2D eigenvalue weighted by atomic mass is 79.9. The Morgan fingerprint density at radius 2 is 2.45 bits per heavy atom. The molecule has 4 heteroatoms. The highest BCUT2D eigenvalue weighted by Gasteiger charge is 2.10. The third kappa shape index (κ3) is 1.91. The summed E-state index contributed by atoms with van der Waals surface area (Å²) in [5.74, 6) is 0.0214. The second-order valence-corrected chi connectivity index (χ2v) is 2.94. The van der Waals surface area contributed by atoms with Gasteiger partial charge in [-0.15, -0.1) is 0 Å². The highest BCUT2D eigenvalue weighted by Crippen LogP contribution is 2.17. The van der Waals surface area contributed by atoms with E-state index in [1.807, 2.05) is 0 Å². The molecule has 0 unspecified atom stereocenters. The van der Waals surface area contributed by atoms with E-state index in [-0.39, 0.29) is 5.78 Å². The Hall–Kier alpha value is -0.610. The molecule has 1 aromatic heterocycles. The average Bonchev–Trinajstić information content (AvgIpc) is 2.36. The number of hydrogen-bond donors (Lipinski definition) is 1. The molecule has 0 fully saturated rings. The van der Waals surface area contributed by atoms with E-state index in [0.29, 0.717) is 16.6 Å². The second-order valence-electron chi connectivity index (χ2n) is 2.09. The summed E-state index contributed by atoms with van der Waals surface area (Å²) in [6.07, 6.45) is 2.92. The molecule has 0 bridgehead atoms. The predicted octanol–water partition coefficient (Wildman–Crippen LogP) is 1.44. The Labute approximate surface area is 72.9 Å². The number of nitrogens with one attached hydrogen (secondary N) is 1. The third-order valence-electron chi connectivity index (χ3n) is 1.25. The van der Waals surface area contributed by atoms with Gasteiger partial charge in [-0.25, -0.2) is 0 Å². The van der Waals surface area contributed by atoms with Crippen LogP contribution in [0.3, 0.4) is 0 Å². The van der Waals surface area contributed by atoms with Gasteiger partial charge < -0.3 is 9.73 Å². The van der Waals surface area contributed by atoms with Gasteiger partial charge in [0.25, 0.3) is 0 Å². The monoisotopic (exact) mass is 217 g/mol. The number of ketones is 1. The first-order valence-corrected chi connectivity index (χ1v) is 3.94. The summed E-state index contributed by atoms with van der Waals surface area (Å²) in [5.41, 5.74) is 0.583. The molecule has 0 saturated heterocycles. The number of furan rings is 1. The maximum atomic E-state index is 11.2. The standard InChI is InChI=1S/C7H8BrNO2/c1-9-2-7(10)5-3-11-4-6(5)8/h3-4,9H,2H2,1H3. The zero-order valence-electron chi connectivity index (χ0n) is 6.06. The topological polar surface area (TPSA) is 42.2 Å². The Bertz CT molecular complexity index is 257. The minimum Gasteiger partial charge on any atom is -0.471 e. The minimum absolute atomic E-state index is 0.0214.